The molecule has 0 bridgehead atoms. The number of hydrogen-bond acceptors (Lipinski definition) is 15. The van der Waals surface area contributed by atoms with Crippen molar-refractivity contribution < 1.29 is 53.1 Å². The Morgan fingerprint density at radius 2 is 0.662 bits per heavy atom. The summed E-state index contributed by atoms with van der Waals surface area (Å²) in [6, 6.07) is 3.25. The van der Waals surface area contributed by atoms with Gasteiger partial charge >= 0.3 is 35.2 Å². The van der Waals surface area contributed by atoms with Crippen LogP contribution < -0.4 is 5.32 Å². The molecule has 4 heterocycles. The smallest absolute Gasteiger partial charge is 0.371 e. The van der Waals surface area contributed by atoms with Crippen LogP contribution in [0.15, 0.2) is 0 Å². The van der Waals surface area contributed by atoms with Crippen molar-refractivity contribution in [3.8, 4) is 0 Å². The summed E-state index contributed by atoms with van der Waals surface area (Å²) in [6.07, 6.45) is 11.3. The van der Waals surface area contributed by atoms with E-state index in [1.807, 2.05) is 0 Å². The highest BCUT2D eigenvalue weighted by Crippen LogP contribution is 2.40. The zero-order valence-electron chi connectivity index (χ0n) is 51.2. The molecule has 0 saturated carbocycles. The molecule has 4 fully saturated rings. The fraction of sp³-hybridized carbons (Fsp3) is 1.00. The van der Waals surface area contributed by atoms with Gasteiger partial charge in [0.2, 0.25) is 0 Å². The molecule has 0 aromatic carbocycles. The van der Waals surface area contributed by atoms with Gasteiger partial charge in [-0.05, 0) is 222 Å². The summed E-state index contributed by atoms with van der Waals surface area (Å²) in [4.78, 5) is 5.33. The second-order valence-corrected chi connectivity index (χ2v) is 36.5. The van der Waals surface area contributed by atoms with Crippen molar-refractivity contribution in [1.29, 1.82) is 0 Å². The zero-order chi connectivity index (χ0) is 55.2. The highest BCUT2D eigenvalue weighted by atomic mass is 28.4. The topological polar surface area (TPSA) is 129 Å². The summed E-state index contributed by atoms with van der Waals surface area (Å²) in [5, 5.41) is 3.81. The number of hydrogen-bond donors (Lipinski definition) is 1. The lowest BCUT2D eigenvalue weighted by molar-refractivity contribution is -0.0993. The molecule has 0 aromatic heterocycles. The summed E-state index contributed by atoms with van der Waals surface area (Å²) in [7, 11) is -11.5. The number of unbranched alkanes of at least 4 members (excludes halogenated alkanes) is 3. The van der Waals surface area contributed by atoms with E-state index in [1.54, 1.807) is 0 Å². The first-order valence-electron chi connectivity index (χ1n) is 29.6. The second-order valence-electron chi connectivity index (χ2n) is 26.3. The molecule has 8 atom stereocenters. The lowest BCUT2D eigenvalue weighted by Crippen LogP contribution is -2.59. The molecule has 4 aliphatic rings. The van der Waals surface area contributed by atoms with Crippen LogP contribution in [-0.2, 0) is 53.1 Å². The molecule has 438 valence electrons. The lowest BCUT2D eigenvalue weighted by atomic mass is 10.0. The van der Waals surface area contributed by atoms with Crippen molar-refractivity contribution in [3.63, 3.8) is 0 Å². The van der Waals surface area contributed by atoms with Crippen molar-refractivity contribution in [2.24, 2.45) is 0 Å². The Kier molecular flexibility index (Phi) is 26.4. The first-order valence-corrected chi connectivity index (χ1v) is 37.4. The Hall–Kier alpha value is 0.268. The minimum absolute atomic E-state index is 0.0247. The number of rotatable bonds is 33. The third kappa shape index (κ3) is 24.2. The highest BCUT2D eigenvalue weighted by molar-refractivity contribution is 6.62. The third-order valence-corrected chi connectivity index (χ3v) is 27.5. The molecule has 4 saturated heterocycles. The molecular formula is C55H115N3O12Si4. The summed E-state index contributed by atoms with van der Waals surface area (Å²) in [5.74, 6) is 0. The van der Waals surface area contributed by atoms with E-state index < -0.39 is 35.2 Å². The van der Waals surface area contributed by atoms with Gasteiger partial charge < -0.3 is 68.2 Å². The average molecular weight is 1120 g/mol. The molecule has 1 N–H and O–H groups in total. The first-order chi connectivity index (χ1) is 34.3. The molecule has 4 rings (SSSR count). The summed E-state index contributed by atoms with van der Waals surface area (Å²) < 4.78 is 80.0. The van der Waals surface area contributed by atoms with Crippen LogP contribution in [0.4, 0.5) is 0 Å². The lowest BCUT2D eigenvalue weighted by Gasteiger charge is -2.46. The molecule has 74 heavy (non-hydrogen) atoms. The number of nitrogens with one attached hydrogen (secondary N) is 1. The maximum absolute atomic E-state index is 6.83. The molecule has 0 aliphatic carbocycles. The van der Waals surface area contributed by atoms with Crippen LogP contribution >= 0.6 is 0 Å². The second kappa shape index (κ2) is 29.3. The Bertz CT molecular complexity index is 1490. The number of nitrogens with zero attached hydrogens (tertiary/aromatic N) is 2. The predicted octanol–water partition coefficient (Wildman–Crippen LogP) is 11.8. The van der Waals surface area contributed by atoms with Crippen LogP contribution in [0.25, 0.3) is 0 Å². The third-order valence-electron chi connectivity index (χ3n) is 13.8. The van der Waals surface area contributed by atoms with E-state index in [0.717, 1.165) is 147 Å². The van der Waals surface area contributed by atoms with Gasteiger partial charge in [0.25, 0.3) is 0 Å². The van der Waals surface area contributed by atoms with Gasteiger partial charge in [0.05, 0.1) is 22.4 Å². The quantitative estimate of drug-likeness (QED) is 0.0494. The predicted molar refractivity (Wildman–Crippen MR) is 307 cm³/mol. The van der Waals surface area contributed by atoms with Crippen molar-refractivity contribution in [1.82, 2.24) is 15.1 Å². The Balaban J connectivity index is 1.47. The normalized spacial score (nSPS) is 32.2. The van der Waals surface area contributed by atoms with Gasteiger partial charge in [-0.2, -0.15) is 0 Å². The monoisotopic (exact) mass is 1120 g/mol. The van der Waals surface area contributed by atoms with Crippen molar-refractivity contribution in [2.45, 2.75) is 305 Å². The maximum Gasteiger partial charge on any atom is 0.501 e. The zero-order valence-corrected chi connectivity index (χ0v) is 55.2. The SMILES string of the molecule is CC(C)O[Si]1(CCCCCCN(CCC[Si]2(OC(C)C)OC(C)CC(C)(C)O2)CCN(CCC[Si]2(OC(C)C)OC(C)CC(C)(C)O2)CCNCCC[Si]2(OC(C)C)OC(C)CC(C)(C)O2)OC(C)CC(C)(C)O1. The van der Waals surface area contributed by atoms with Crippen LogP contribution in [0.1, 0.15) is 209 Å². The molecule has 0 amide bonds. The van der Waals surface area contributed by atoms with Crippen LogP contribution in [-0.4, -0.2) is 169 Å². The molecule has 0 spiro atoms. The molecule has 0 aromatic rings. The largest absolute Gasteiger partial charge is 0.501 e. The highest BCUT2D eigenvalue weighted by Gasteiger charge is 2.55. The molecular weight excluding hydrogens is 1010 g/mol. The molecule has 19 heteroatoms. The molecule has 15 nitrogen and oxygen atoms in total. The van der Waals surface area contributed by atoms with Crippen LogP contribution in [0, 0.1) is 0 Å². The van der Waals surface area contributed by atoms with Gasteiger partial charge in [-0.1, -0.05) is 12.8 Å². The van der Waals surface area contributed by atoms with E-state index >= 15 is 0 Å². The van der Waals surface area contributed by atoms with E-state index in [-0.39, 0.29) is 71.2 Å². The van der Waals surface area contributed by atoms with E-state index in [4.69, 9.17) is 53.1 Å². The van der Waals surface area contributed by atoms with E-state index in [2.05, 4.69) is 154 Å². The van der Waals surface area contributed by atoms with Crippen molar-refractivity contribution >= 4 is 35.2 Å². The Morgan fingerprint density at radius 1 is 0.378 bits per heavy atom. The van der Waals surface area contributed by atoms with E-state index in [1.165, 1.54) is 0 Å². The fourth-order valence-corrected chi connectivity index (χ4v) is 26.0. The molecule has 0 radical (unpaired) electrons. The fourth-order valence-electron chi connectivity index (χ4n) is 12.2. The van der Waals surface area contributed by atoms with Gasteiger partial charge in [0.15, 0.2) is 0 Å². The minimum Gasteiger partial charge on any atom is -0.371 e. The van der Waals surface area contributed by atoms with Crippen LogP contribution in [0.5, 0.6) is 0 Å². The Labute approximate surface area is 458 Å². The Morgan fingerprint density at radius 3 is 0.986 bits per heavy atom. The van der Waals surface area contributed by atoms with Crippen molar-refractivity contribution in [3.05, 3.63) is 0 Å². The van der Waals surface area contributed by atoms with Crippen LogP contribution in [0.3, 0.4) is 0 Å². The molecule has 4 aliphatic heterocycles. The standard InChI is InChI=1S/C55H115N3O12Si4/c1-44(2)59-71(63-48(9)40-52(13,14)67-71)36-24-22-21-23-30-57(31-26-38-73(61-46(5)6)65-50(11)42-54(17,18)69-73)34-35-58(32-27-39-74(62-47(7)8)66-51(12)43-55(19,20)70-74)33-29-56-28-25-37-72(60-45(3)4)64-49(10)41-53(15,16)68-72/h44-51,56H,21-43H2,1-20H3. The van der Waals surface area contributed by atoms with Gasteiger partial charge in [-0.25, -0.2) is 0 Å². The summed E-state index contributed by atoms with van der Waals surface area (Å²) >= 11 is 0. The van der Waals surface area contributed by atoms with Gasteiger partial charge in [0.1, 0.15) is 0 Å². The minimum atomic E-state index is -2.93. The van der Waals surface area contributed by atoms with E-state index in [0.29, 0.717) is 0 Å². The van der Waals surface area contributed by atoms with E-state index in [9.17, 15) is 0 Å². The maximum atomic E-state index is 6.83. The van der Waals surface area contributed by atoms with Crippen molar-refractivity contribution in [2.75, 3.05) is 52.4 Å². The molecule has 8 unspecified atom stereocenters. The van der Waals surface area contributed by atoms with Gasteiger partial charge in [-0.3, -0.25) is 0 Å². The van der Waals surface area contributed by atoms with Gasteiger partial charge in [0, 0.05) is 99.2 Å². The van der Waals surface area contributed by atoms with Crippen LogP contribution in [0.2, 0.25) is 24.2 Å². The van der Waals surface area contributed by atoms with Gasteiger partial charge in [-0.15, -0.1) is 0 Å². The summed E-state index contributed by atoms with van der Waals surface area (Å²) in [5.41, 5.74) is -1.07. The summed E-state index contributed by atoms with van der Waals surface area (Å²) in [6.45, 7) is 50.4. The average Bonchev–Trinajstić information content (AvgIpc) is 3.17. The first kappa shape index (κ1) is 66.8.